The van der Waals surface area contributed by atoms with Crippen molar-refractivity contribution in [2.45, 2.75) is 26.2 Å². The topological polar surface area (TPSA) is 49.0 Å². The predicted octanol–water partition coefficient (Wildman–Crippen LogP) is 3.66. The van der Waals surface area contributed by atoms with Gasteiger partial charge in [0.1, 0.15) is 0 Å². The maximum absolute atomic E-state index is 12.6. The lowest BCUT2D eigenvalue weighted by Gasteiger charge is -2.27. The van der Waals surface area contributed by atoms with Gasteiger partial charge in [0.2, 0.25) is 0 Å². The van der Waals surface area contributed by atoms with Gasteiger partial charge in [-0.1, -0.05) is 17.7 Å². The number of carbonyl (C=O) groups excluding carboxylic acids is 1. The van der Waals surface area contributed by atoms with Crippen molar-refractivity contribution in [1.29, 1.82) is 0 Å². The van der Waals surface area contributed by atoms with E-state index in [9.17, 15) is 4.79 Å². The number of rotatable bonds is 2. The van der Waals surface area contributed by atoms with Crippen molar-refractivity contribution in [3.63, 3.8) is 0 Å². The maximum Gasteiger partial charge on any atom is 0.253 e. The molecule has 1 amide bonds. The molecular formula is C16H18ClN3O. The summed E-state index contributed by atoms with van der Waals surface area (Å²) < 4.78 is 0. The fourth-order valence-corrected chi connectivity index (χ4v) is 2.96. The van der Waals surface area contributed by atoms with E-state index in [4.69, 9.17) is 11.6 Å². The number of nitrogens with zero attached hydrogens (tertiary/aromatic N) is 2. The van der Waals surface area contributed by atoms with E-state index in [-0.39, 0.29) is 5.91 Å². The van der Waals surface area contributed by atoms with Crippen LogP contribution in [0.25, 0.3) is 11.3 Å². The molecule has 21 heavy (non-hydrogen) atoms. The van der Waals surface area contributed by atoms with Crippen LogP contribution in [0, 0.1) is 6.92 Å². The molecule has 0 bridgehead atoms. The zero-order chi connectivity index (χ0) is 14.8. The minimum Gasteiger partial charge on any atom is -0.339 e. The molecule has 1 aliphatic heterocycles. The number of nitrogens with one attached hydrogen (secondary N) is 1. The lowest BCUT2D eigenvalue weighted by atomic mass is 10.0. The zero-order valence-corrected chi connectivity index (χ0v) is 12.8. The summed E-state index contributed by atoms with van der Waals surface area (Å²) in [5.74, 6) is 0.103. The average Bonchev–Trinajstić information content (AvgIpc) is 2.94. The first-order valence-electron chi connectivity index (χ1n) is 7.26. The fraction of sp³-hybridized carbons (Fsp3) is 0.375. The molecule has 1 fully saturated rings. The van der Waals surface area contributed by atoms with E-state index in [0.29, 0.717) is 10.6 Å². The maximum atomic E-state index is 12.6. The van der Waals surface area contributed by atoms with Gasteiger partial charge in [-0.05, 0) is 43.9 Å². The Labute approximate surface area is 129 Å². The molecule has 0 aliphatic carbocycles. The Kier molecular flexibility index (Phi) is 3.97. The van der Waals surface area contributed by atoms with Gasteiger partial charge in [0.15, 0.2) is 0 Å². The molecule has 2 aromatic rings. The molecule has 4 nitrogen and oxygen atoms in total. The van der Waals surface area contributed by atoms with Crippen LogP contribution >= 0.6 is 11.6 Å². The number of aromatic amines is 1. The van der Waals surface area contributed by atoms with Gasteiger partial charge in [0.25, 0.3) is 5.91 Å². The molecule has 0 saturated carbocycles. The van der Waals surface area contributed by atoms with Crippen molar-refractivity contribution in [3.05, 3.63) is 40.5 Å². The molecule has 1 N–H and O–H groups in total. The van der Waals surface area contributed by atoms with Gasteiger partial charge in [-0.2, -0.15) is 5.10 Å². The Balaban J connectivity index is 1.94. The molecule has 1 saturated heterocycles. The summed E-state index contributed by atoms with van der Waals surface area (Å²) in [5, 5.41) is 7.42. The third-order valence-corrected chi connectivity index (χ3v) is 4.28. The number of amides is 1. The van der Waals surface area contributed by atoms with Crippen LogP contribution in [0.4, 0.5) is 0 Å². The SMILES string of the molecule is Cc1ccc(C(=O)N2CCCCC2)cc1-c1[nH]ncc1Cl. The van der Waals surface area contributed by atoms with Gasteiger partial charge < -0.3 is 4.90 Å². The summed E-state index contributed by atoms with van der Waals surface area (Å²) in [4.78, 5) is 14.5. The number of hydrogen-bond donors (Lipinski definition) is 1. The molecule has 110 valence electrons. The largest absolute Gasteiger partial charge is 0.339 e. The first-order valence-corrected chi connectivity index (χ1v) is 7.64. The molecule has 2 heterocycles. The zero-order valence-electron chi connectivity index (χ0n) is 12.0. The van der Waals surface area contributed by atoms with E-state index in [1.165, 1.54) is 6.42 Å². The van der Waals surface area contributed by atoms with E-state index in [1.807, 2.05) is 30.0 Å². The summed E-state index contributed by atoms with van der Waals surface area (Å²) in [6, 6.07) is 5.76. The highest BCUT2D eigenvalue weighted by molar-refractivity contribution is 6.33. The molecule has 5 heteroatoms. The summed E-state index contributed by atoms with van der Waals surface area (Å²) in [6.07, 6.45) is 4.98. The summed E-state index contributed by atoms with van der Waals surface area (Å²) in [5.41, 5.74) is 3.47. The number of H-pyrrole nitrogens is 1. The number of likely N-dealkylation sites (tertiary alicyclic amines) is 1. The Hall–Kier alpha value is -1.81. The third kappa shape index (κ3) is 2.81. The molecule has 0 radical (unpaired) electrons. The van der Waals surface area contributed by atoms with E-state index < -0.39 is 0 Å². The third-order valence-electron chi connectivity index (χ3n) is 3.99. The molecule has 0 spiro atoms. The fourth-order valence-electron chi connectivity index (χ4n) is 2.76. The smallest absolute Gasteiger partial charge is 0.253 e. The van der Waals surface area contributed by atoms with Crippen LogP contribution in [0.5, 0.6) is 0 Å². The van der Waals surface area contributed by atoms with E-state index in [2.05, 4.69) is 10.2 Å². The van der Waals surface area contributed by atoms with Crippen molar-refractivity contribution in [2.75, 3.05) is 13.1 Å². The van der Waals surface area contributed by atoms with Gasteiger partial charge in [-0.15, -0.1) is 0 Å². The van der Waals surface area contributed by atoms with Crippen LogP contribution in [-0.2, 0) is 0 Å². The van der Waals surface area contributed by atoms with Crippen molar-refractivity contribution in [3.8, 4) is 11.3 Å². The minimum atomic E-state index is 0.103. The molecule has 0 atom stereocenters. The molecular weight excluding hydrogens is 286 g/mol. The molecule has 3 rings (SSSR count). The van der Waals surface area contributed by atoms with Gasteiger partial charge in [0, 0.05) is 24.2 Å². The second kappa shape index (κ2) is 5.90. The van der Waals surface area contributed by atoms with E-state index in [0.717, 1.165) is 42.8 Å². The summed E-state index contributed by atoms with van der Waals surface area (Å²) >= 11 is 6.14. The van der Waals surface area contributed by atoms with Crippen molar-refractivity contribution >= 4 is 17.5 Å². The molecule has 1 aromatic carbocycles. The number of benzene rings is 1. The van der Waals surface area contributed by atoms with Crippen LogP contribution in [0.1, 0.15) is 35.2 Å². The highest BCUT2D eigenvalue weighted by atomic mass is 35.5. The highest BCUT2D eigenvalue weighted by Gasteiger charge is 2.19. The van der Waals surface area contributed by atoms with Crippen LogP contribution in [-0.4, -0.2) is 34.1 Å². The van der Waals surface area contributed by atoms with Gasteiger partial charge in [-0.3, -0.25) is 9.89 Å². The second-order valence-electron chi connectivity index (χ2n) is 5.48. The second-order valence-corrected chi connectivity index (χ2v) is 5.88. The number of aromatic nitrogens is 2. The first-order chi connectivity index (χ1) is 10.2. The Morgan fingerprint density at radius 2 is 2.05 bits per heavy atom. The van der Waals surface area contributed by atoms with Crippen LogP contribution in [0.3, 0.4) is 0 Å². The predicted molar refractivity (Wildman–Crippen MR) is 83.5 cm³/mol. The standard InChI is InChI=1S/C16H18ClN3O/c1-11-5-6-12(16(21)20-7-3-2-4-8-20)9-13(11)15-14(17)10-18-19-15/h5-6,9-10H,2-4,7-8H2,1H3,(H,18,19). The number of piperidine rings is 1. The van der Waals surface area contributed by atoms with Crippen LogP contribution < -0.4 is 0 Å². The van der Waals surface area contributed by atoms with Crippen LogP contribution in [0.15, 0.2) is 24.4 Å². The molecule has 0 unspecified atom stereocenters. The van der Waals surface area contributed by atoms with Gasteiger partial charge in [0.05, 0.1) is 16.9 Å². The average molecular weight is 304 g/mol. The summed E-state index contributed by atoms with van der Waals surface area (Å²) in [6.45, 7) is 3.71. The lowest BCUT2D eigenvalue weighted by Crippen LogP contribution is -2.35. The Bertz CT molecular complexity index is 659. The number of aryl methyl sites for hydroxylation is 1. The Morgan fingerprint density at radius 3 is 2.71 bits per heavy atom. The van der Waals surface area contributed by atoms with Crippen molar-refractivity contribution in [2.24, 2.45) is 0 Å². The lowest BCUT2D eigenvalue weighted by molar-refractivity contribution is 0.0724. The normalized spacial score (nSPS) is 15.2. The van der Waals surface area contributed by atoms with E-state index >= 15 is 0 Å². The van der Waals surface area contributed by atoms with Gasteiger partial charge >= 0.3 is 0 Å². The quantitative estimate of drug-likeness (QED) is 0.920. The van der Waals surface area contributed by atoms with E-state index in [1.54, 1.807) is 6.20 Å². The van der Waals surface area contributed by atoms with Gasteiger partial charge in [-0.25, -0.2) is 0 Å². The van der Waals surface area contributed by atoms with Crippen molar-refractivity contribution < 1.29 is 4.79 Å². The number of halogens is 1. The minimum absolute atomic E-state index is 0.103. The Morgan fingerprint density at radius 1 is 1.29 bits per heavy atom. The first kappa shape index (κ1) is 14.1. The summed E-state index contributed by atoms with van der Waals surface area (Å²) in [7, 11) is 0. The number of carbonyl (C=O) groups is 1. The number of hydrogen-bond acceptors (Lipinski definition) is 2. The van der Waals surface area contributed by atoms with Crippen molar-refractivity contribution in [1.82, 2.24) is 15.1 Å². The molecule has 1 aromatic heterocycles. The monoisotopic (exact) mass is 303 g/mol. The van der Waals surface area contributed by atoms with Crippen LogP contribution in [0.2, 0.25) is 5.02 Å². The molecule has 1 aliphatic rings. The highest BCUT2D eigenvalue weighted by Crippen LogP contribution is 2.29.